The Hall–Kier alpha value is -2.46. The Morgan fingerprint density at radius 3 is 2.59 bits per heavy atom. The Bertz CT molecular complexity index is 1140. The van der Waals surface area contributed by atoms with Crippen molar-refractivity contribution in [1.82, 2.24) is 15.0 Å². The first-order chi connectivity index (χ1) is 15.5. The molecule has 32 heavy (non-hydrogen) atoms. The van der Waals surface area contributed by atoms with Gasteiger partial charge < -0.3 is 15.0 Å². The van der Waals surface area contributed by atoms with Crippen LogP contribution < -0.4 is 15.6 Å². The molecule has 2 N–H and O–H groups in total. The molecule has 166 valence electrons. The predicted octanol–water partition coefficient (Wildman–Crippen LogP) is 5.28. The summed E-state index contributed by atoms with van der Waals surface area (Å²) in [5.41, 5.74) is 5.57. The van der Waals surface area contributed by atoms with Crippen molar-refractivity contribution < 1.29 is 4.74 Å². The average molecular weight is 537 g/mol. The molecule has 0 saturated carbocycles. The van der Waals surface area contributed by atoms with E-state index in [0.717, 1.165) is 15.7 Å². The molecule has 0 unspecified atom stereocenters. The van der Waals surface area contributed by atoms with Crippen molar-refractivity contribution >= 4 is 68.9 Å². The van der Waals surface area contributed by atoms with Gasteiger partial charge in [0.1, 0.15) is 0 Å². The zero-order valence-electron chi connectivity index (χ0n) is 17.1. The Morgan fingerprint density at radius 2 is 1.84 bits per heavy atom. The summed E-state index contributed by atoms with van der Waals surface area (Å²) >= 11 is 15.7. The molecule has 1 aromatic heterocycles. The van der Waals surface area contributed by atoms with Crippen LogP contribution >= 0.6 is 39.1 Å². The van der Waals surface area contributed by atoms with Crippen LogP contribution in [0.15, 0.2) is 46.0 Å². The van der Waals surface area contributed by atoms with E-state index >= 15 is 0 Å². The van der Waals surface area contributed by atoms with E-state index in [0.29, 0.717) is 59.8 Å². The first-order valence-electron chi connectivity index (χ1n) is 9.84. The number of aromatic nitrogens is 3. The summed E-state index contributed by atoms with van der Waals surface area (Å²) in [5, 5.41) is 8.54. The number of ether oxygens (including phenoxy) is 1. The second-order valence-electron chi connectivity index (χ2n) is 7.03. The molecule has 1 fully saturated rings. The Balaban J connectivity index is 1.59. The molecule has 0 radical (unpaired) electrons. The number of morpholine rings is 1. The Kier molecular flexibility index (Phi) is 7.41. The molecule has 2 heterocycles. The topological polar surface area (TPSA) is 87.6 Å². The monoisotopic (exact) mass is 535 g/mol. The number of benzene rings is 2. The third-order valence-corrected chi connectivity index (χ3v) is 5.84. The maximum Gasteiger partial charge on any atom is 0.250 e. The smallest absolute Gasteiger partial charge is 0.250 e. The molecule has 0 bridgehead atoms. The number of nitrogens with one attached hydrogen (secondary N) is 2. The van der Waals surface area contributed by atoms with Gasteiger partial charge in [-0.05, 0) is 52.7 Å². The number of hydrogen-bond donors (Lipinski definition) is 2. The zero-order valence-corrected chi connectivity index (χ0v) is 20.2. The van der Waals surface area contributed by atoms with Crippen LogP contribution in [0.25, 0.3) is 0 Å². The van der Waals surface area contributed by atoms with Crippen LogP contribution in [0, 0.1) is 6.92 Å². The van der Waals surface area contributed by atoms with Gasteiger partial charge in [-0.15, -0.1) is 0 Å². The number of hydrogen-bond acceptors (Lipinski definition) is 8. The number of halogens is 3. The first kappa shape index (κ1) is 22.7. The normalized spacial score (nSPS) is 14.1. The fourth-order valence-electron chi connectivity index (χ4n) is 2.98. The highest BCUT2D eigenvalue weighted by molar-refractivity contribution is 9.10. The van der Waals surface area contributed by atoms with Gasteiger partial charge in [0.05, 0.1) is 30.1 Å². The minimum atomic E-state index is 0.300. The van der Waals surface area contributed by atoms with Crippen molar-refractivity contribution in [2.45, 2.75) is 6.92 Å². The highest BCUT2D eigenvalue weighted by Gasteiger charge is 2.17. The van der Waals surface area contributed by atoms with E-state index in [1.54, 1.807) is 24.4 Å². The second kappa shape index (κ2) is 10.4. The van der Waals surface area contributed by atoms with Crippen LogP contribution in [0.1, 0.15) is 11.1 Å². The van der Waals surface area contributed by atoms with E-state index in [2.05, 4.69) is 46.7 Å². The summed E-state index contributed by atoms with van der Waals surface area (Å²) in [7, 11) is 0. The largest absolute Gasteiger partial charge is 0.378 e. The van der Waals surface area contributed by atoms with Crippen molar-refractivity contribution in [3.8, 4) is 0 Å². The number of hydrazone groups is 1. The van der Waals surface area contributed by atoms with E-state index in [9.17, 15) is 0 Å². The summed E-state index contributed by atoms with van der Waals surface area (Å²) in [6, 6.07) is 11.2. The summed E-state index contributed by atoms with van der Waals surface area (Å²) in [6.45, 7) is 4.66. The lowest BCUT2D eigenvalue weighted by molar-refractivity contribution is 0.122. The van der Waals surface area contributed by atoms with Crippen molar-refractivity contribution in [2.75, 3.05) is 41.9 Å². The highest BCUT2D eigenvalue weighted by atomic mass is 79.9. The molecular weight excluding hydrogens is 517 g/mol. The Morgan fingerprint density at radius 1 is 1.06 bits per heavy atom. The average Bonchev–Trinajstić information content (AvgIpc) is 2.78. The van der Waals surface area contributed by atoms with Crippen LogP contribution in [0.5, 0.6) is 0 Å². The van der Waals surface area contributed by atoms with Crippen LogP contribution in [0.3, 0.4) is 0 Å². The van der Waals surface area contributed by atoms with Gasteiger partial charge in [-0.2, -0.15) is 20.1 Å². The fraction of sp³-hybridized carbons (Fsp3) is 0.238. The number of anilines is 4. The summed E-state index contributed by atoms with van der Waals surface area (Å²) in [6.07, 6.45) is 1.58. The quantitative estimate of drug-likeness (QED) is 0.327. The fourth-order valence-corrected chi connectivity index (χ4v) is 4.03. The van der Waals surface area contributed by atoms with Gasteiger partial charge in [-0.3, -0.25) is 0 Å². The van der Waals surface area contributed by atoms with Crippen molar-refractivity contribution in [1.29, 1.82) is 0 Å². The van der Waals surface area contributed by atoms with Crippen molar-refractivity contribution in [2.24, 2.45) is 5.10 Å². The molecule has 8 nitrogen and oxygen atoms in total. The van der Waals surface area contributed by atoms with Crippen molar-refractivity contribution in [3.05, 3.63) is 62.0 Å². The number of rotatable bonds is 6. The zero-order chi connectivity index (χ0) is 22.5. The molecule has 1 aliphatic rings. The van der Waals surface area contributed by atoms with Gasteiger partial charge in [0.25, 0.3) is 0 Å². The lowest BCUT2D eigenvalue weighted by Gasteiger charge is -2.27. The van der Waals surface area contributed by atoms with Gasteiger partial charge >= 0.3 is 0 Å². The van der Waals surface area contributed by atoms with E-state index in [-0.39, 0.29) is 0 Å². The second-order valence-corrected chi connectivity index (χ2v) is 8.72. The maximum atomic E-state index is 6.20. The molecule has 3 aromatic rings. The summed E-state index contributed by atoms with van der Waals surface area (Å²) in [4.78, 5) is 15.6. The minimum Gasteiger partial charge on any atom is -0.378 e. The van der Waals surface area contributed by atoms with Crippen LogP contribution in [0.2, 0.25) is 10.0 Å². The molecule has 1 saturated heterocycles. The molecule has 11 heteroatoms. The third kappa shape index (κ3) is 5.86. The molecule has 0 aliphatic carbocycles. The SMILES string of the molecule is Cc1ccc(Nc2nc(N/N=C\c3ccc(Cl)cc3Cl)nc(N3CCOCC3)n2)c(Br)c1. The van der Waals surface area contributed by atoms with Crippen molar-refractivity contribution in [3.63, 3.8) is 0 Å². The molecule has 0 amide bonds. The first-order valence-corrected chi connectivity index (χ1v) is 11.4. The van der Waals surface area contributed by atoms with Crippen LogP contribution in [0.4, 0.5) is 23.5 Å². The lowest BCUT2D eigenvalue weighted by Crippen LogP contribution is -2.37. The van der Waals surface area contributed by atoms with E-state index in [1.165, 1.54) is 0 Å². The van der Waals surface area contributed by atoms with E-state index in [1.807, 2.05) is 30.0 Å². The van der Waals surface area contributed by atoms with Crippen LogP contribution in [-0.2, 0) is 4.74 Å². The summed E-state index contributed by atoms with van der Waals surface area (Å²) < 4.78 is 6.35. The molecule has 4 rings (SSSR count). The van der Waals surface area contributed by atoms with Gasteiger partial charge in [-0.1, -0.05) is 35.3 Å². The predicted molar refractivity (Wildman–Crippen MR) is 133 cm³/mol. The van der Waals surface area contributed by atoms with Gasteiger partial charge in [0.15, 0.2) is 0 Å². The highest BCUT2D eigenvalue weighted by Crippen LogP contribution is 2.27. The maximum absolute atomic E-state index is 6.20. The van der Waals surface area contributed by atoms with Gasteiger partial charge in [0, 0.05) is 28.1 Å². The van der Waals surface area contributed by atoms with E-state index in [4.69, 9.17) is 27.9 Å². The Labute approximate surface area is 204 Å². The molecule has 2 aromatic carbocycles. The molecular formula is C21H20BrCl2N7O. The minimum absolute atomic E-state index is 0.300. The van der Waals surface area contributed by atoms with E-state index < -0.39 is 0 Å². The van der Waals surface area contributed by atoms with Crippen LogP contribution in [-0.4, -0.2) is 47.5 Å². The molecule has 0 spiro atoms. The molecule has 0 atom stereocenters. The molecule has 1 aliphatic heterocycles. The van der Waals surface area contributed by atoms with Gasteiger partial charge in [-0.25, -0.2) is 5.43 Å². The standard InChI is InChI=1S/C21H20BrCl2N7O/c1-13-2-5-18(16(22)10-13)26-19-27-20(29-21(28-19)31-6-8-32-9-7-31)30-25-12-14-3-4-15(23)11-17(14)24/h2-5,10-12H,6-9H2,1H3,(H2,26,27,28,29,30)/b25-12-. The van der Waals surface area contributed by atoms with Gasteiger partial charge in [0.2, 0.25) is 17.8 Å². The third-order valence-electron chi connectivity index (χ3n) is 4.62. The number of aryl methyl sites for hydroxylation is 1. The lowest BCUT2D eigenvalue weighted by atomic mass is 10.2. The summed E-state index contributed by atoms with van der Waals surface area (Å²) in [5.74, 6) is 1.23. The number of nitrogens with zero attached hydrogens (tertiary/aromatic N) is 5.